The second kappa shape index (κ2) is 11.2. The highest BCUT2D eigenvalue weighted by Gasteiger charge is 2.21. The number of nitrogens with zero attached hydrogens (tertiary/aromatic N) is 2. The van der Waals surface area contributed by atoms with E-state index in [2.05, 4.69) is 34.9 Å². The SMILES string of the molecule is CCc1ccc(-c2cc(C(=O)N/N=C(\C)c3cccc(NC(=O)C(C)(C)C)c3)c3cccc(Cl)c3n2)cc1. The highest BCUT2D eigenvalue weighted by atomic mass is 35.5. The van der Waals surface area contributed by atoms with Crippen molar-refractivity contribution in [3.05, 3.63) is 94.5 Å². The Hall–Kier alpha value is -4.03. The summed E-state index contributed by atoms with van der Waals surface area (Å²) in [4.78, 5) is 30.5. The Bertz CT molecular complexity index is 1540. The van der Waals surface area contributed by atoms with Crippen molar-refractivity contribution in [3.8, 4) is 11.3 Å². The molecule has 2 N–H and O–H groups in total. The lowest BCUT2D eigenvalue weighted by Crippen LogP contribution is -2.27. The summed E-state index contributed by atoms with van der Waals surface area (Å²) in [5.41, 5.74) is 7.95. The van der Waals surface area contributed by atoms with Crippen molar-refractivity contribution in [2.75, 3.05) is 5.32 Å². The number of amides is 2. The van der Waals surface area contributed by atoms with E-state index in [1.807, 2.05) is 63.2 Å². The normalized spacial score (nSPS) is 11.9. The highest BCUT2D eigenvalue weighted by molar-refractivity contribution is 6.35. The Labute approximate surface area is 228 Å². The maximum atomic E-state index is 13.4. The fourth-order valence-electron chi connectivity index (χ4n) is 3.86. The smallest absolute Gasteiger partial charge is 0.272 e. The molecule has 7 heteroatoms. The Balaban J connectivity index is 1.63. The lowest BCUT2D eigenvalue weighted by atomic mass is 9.95. The number of rotatable bonds is 6. The molecule has 4 rings (SSSR count). The molecule has 4 aromatic rings. The number of para-hydroxylation sites is 1. The van der Waals surface area contributed by atoms with E-state index in [9.17, 15) is 9.59 Å². The van der Waals surface area contributed by atoms with Crippen LogP contribution in [-0.2, 0) is 11.2 Å². The van der Waals surface area contributed by atoms with Gasteiger partial charge in [0.15, 0.2) is 0 Å². The molecule has 1 aromatic heterocycles. The highest BCUT2D eigenvalue weighted by Crippen LogP contribution is 2.29. The number of pyridine rings is 1. The number of hydrogen-bond donors (Lipinski definition) is 2. The number of halogens is 1. The van der Waals surface area contributed by atoms with Crippen LogP contribution in [0.15, 0.2) is 77.9 Å². The van der Waals surface area contributed by atoms with Crippen molar-refractivity contribution in [3.63, 3.8) is 0 Å². The average molecular weight is 527 g/mol. The minimum Gasteiger partial charge on any atom is -0.326 e. The van der Waals surface area contributed by atoms with Gasteiger partial charge in [-0.3, -0.25) is 9.59 Å². The molecule has 38 heavy (non-hydrogen) atoms. The van der Waals surface area contributed by atoms with Gasteiger partial charge in [-0.15, -0.1) is 0 Å². The molecule has 0 aliphatic heterocycles. The van der Waals surface area contributed by atoms with E-state index in [0.717, 1.165) is 17.5 Å². The molecule has 1 heterocycles. The molecule has 0 atom stereocenters. The minimum absolute atomic E-state index is 0.0825. The lowest BCUT2D eigenvalue weighted by molar-refractivity contribution is -0.123. The van der Waals surface area contributed by atoms with Crippen molar-refractivity contribution in [1.82, 2.24) is 10.4 Å². The summed E-state index contributed by atoms with van der Waals surface area (Å²) in [7, 11) is 0. The first kappa shape index (κ1) is 27.0. The molecule has 194 valence electrons. The van der Waals surface area contributed by atoms with Gasteiger partial charge < -0.3 is 5.32 Å². The molecule has 0 aliphatic carbocycles. The molecule has 6 nitrogen and oxygen atoms in total. The van der Waals surface area contributed by atoms with Crippen LogP contribution in [0.1, 0.15) is 56.1 Å². The molecule has 0 radical (unpaired) electrons. The number of benzene rings is 3. The number of aromatic nitrogens is 1. The molecular formula is C31H31ClN4O2. The Morgan fingerprint density at radius 3 is 2.37 bits per heavy atom. The summed E-state index contributed by atoms with van der Waals surface area (Å²) in [6.45, 7) is 9.47. The van der Waals surface area contributed by atoms with Crippen LogP contribution < -0.4 is 10.7 Å². The van der Waals surface area contributed by atoms with Gasteiger partial charge in [0, 0.05) is 22.1 Å². The molecule has 3 aromatic carbocycles. The quantitative estimate of drug-likeness (QED) is 0.205. The molecule has 2 amide bonds. The largest absolute Gasteiger partial charge is 0.326 e. The first-order chi connectivity index (χ1) is 18.1. The van der Waals surface area contributed by atoms with E-state index in [-0.39, 0.29) is 11.8 Å². The van der Waals surface area contributed by atoms with Gasteiger partial charge in [-0.2, -0.15) is 5.10 Å². The molecule has 0 spiro atoms. The van der Waals surface area contributed by atoms with E-state index in [4.69, 9.17) is 16.6 Å². The van der Waals surface area contributed by atoms with E-state index >= 15 is 0 Å². The molecule has 0 fully saturated rings. The number of carbonyl (C=O) groups excluding carboxylic acids is 2. The standard InChI is InChI=1S/C31H31ClN4O2/c1-6-20-13-15-21(16-14-20)27-18-25(24-11-8-12-26(32)28(24)34-27)29(37)36-35-19(2)22-9-7-10-23(17-22)33-30(38)31(3,4)5/h7-18H,6H2,1-5H3,(H,33,38)(H,36,37)/b35-19+. The van der Waals surface area contributed by atoms with Gasteiger partial charge in [0.25, 0.3) is 5.91 Å². The van der Waals surface area contributed by atoms with Gasteiger partial charge in [0.1, 0.15) is 0 Å². The zero-order valence-corrected chi connectivity index (χ0v) is 23.0. The molecule has 0 unspecified atom stereocenters. The number of carbonyl (C=O) groups is 2. The van der Waals surface area contributed by atoms with Crippen LogP contribution in [0.4, 0.5) is 5.69 Å². The van der Waals surface area contributed by atoms with Crippen molar-refractivity contribution in [2.24, 2.45) is 10.5 Å². The van der Waals surface area contributed by atoms with E-state index in [1.54, 1.807) is 25.1 Å². The maximum Gasteiger partial charge on any atom is 0.272 e. The molecule has 0 saturated heterocycles. The minimum atomic E-state index is -0.514. The second-order valence-corrected chi connectivity index (χ2v) is 10.6. The molecular weight excluding hydrogens is 496 g/mol. The number of hydrogen-bond acceptors (Lipinski definition) is 4. The third kappa shape index (κ3) is 6.09. The maximum absolute atomic E-state index is 13.4. The van der Waals surface area contributed by atoms with Crippen molar-refractivity contribution in [2.45, 2.75) is 41.0 Å². The Kier molecular flexibility index (Phi) is 7.93. The summed E-state index contributed by atoms with van der Waals surface area (Å²) in [5, 5.41) is 8.38. The predicted molar refractivity (Wildman–Crippen MR) is 156 cm³/mol. The van der Waals surface area contributed by atoms with Crippen LogP contribution in [0.3, 0.4) is 0 Å². The molecule has 0 bridgehead atoms. The summed E-state index contributed by atoms with van der Waals surface area (Å²) in [6.07, 6.45) is 0.939. The Morgan fingerprint density at radius 2 is 1.68 bits per heavy atom. The van der Waals surface area contributed by atoms with Crippen LogP contribution in [0.2, 0.25) is 5.02 Å². The van der Waals surface area contributed by atoms with E-state index in [1.165, 1.54) is 5.56 Å². The van der Waals surface area contributed by atoms with Crippen LogP contribution in [-0.4, -0.2) is 22.5 Å². The lowest BCUT2D eigenvalue weighted by Gasteiger charge is -2.18. The summed E-state index contributed by atoms with van der Waals surface area (Å²) in [6, 6.07) is 22.6. The van der Waals surface area contributed by atoms with Gasteiger partial charge in [-0.1, -0.05) is 87.8 Å². The average Bonchev–Trinajstić information content (AvgIpc) is 2.91. The number of fused-ring (bicyclic) bond motifs is 1. The van der Waals surface area contributed by atoms with Crippen LogP contribution >= 0.6 is 11.6 Å². The topological polar surface area (TPSA) is 83.5 Å². The zero-order chi connectivity index (χ0) is 27.4. The first-order valence-electron chi connectivity index (χ1n) is 12.5. The Morgan fingerprint density at radius 1 is 0.974 bits per heavy atom. The number of anilines is 1. The summed E-state index contributed by atoms with van der Waals surface area (Å²) >= 11 is 6.48. The van der Waals surface area contributed by atoms with Gasteiger partial charge in [-0.25, -0.2) is 10.4 Å². The monoisotopic (exact) mass is 526 g/mol. The van der Waals surface area contributed by atoms with Gasteiger partial charge in [0.05, 0.1) is 27.5 Å². The molecule has 0 saturated carbocycles. The van der Waals surface area contributed by atoms with E-state index in [0.29, 0.717) is 38.6 Å². The molecule has 0 aliphatic rings. The van der Waals surface area contributed by atoms with Crippen molar-refractivity contribution < 1.29 is 9.59 Å². The summed E-state index contributed by atoms with van der Waals surface area (Å²) in [5.74, 6) is -0.455. The number of nitrogens with one attached hydrogen (secondary N) is 2. The number of hydrazone groups is 1. The van der Waals surface area contributed by atoms with E-state index < -0.39 is 5.41 Å². The summed E-state index contributed by atoms with van der Waals surface area (Å²) < 4.78 is 0. The third-order valence-electron chi connectivity index (χ3n) is 6.24. The van der Waals surface area contributed by atoms with Gasteiger partial charge in [-0.05, 0) is 48.7 Å². The first-order valence-corrected chi connectivity index (χ1v) is 12.9. The number of aryl methyl sites for hydroxylation is 1. The van der Waals surface area contributed by atoms with Gasteiger partial charge >= 0.3 is 0 Å². The third-order valence-corrected chi connectivity index (χ3v) is 6.54. The predicted octanol–water partition coefficient (Wildman–Crippen LogP) is 7.26. The second-order valence-electron chi connectivity index (χ2n) is 10.2. The zero-order valence-electron chi connectivity index (χ0n) is 22.2. The van der Waals surface area contributed by atoms with Crippen LogP contribution in [0.5, 0.6) is 0 Å². The van der Waals surface area contributed by atoms with Gasteiger partial charge in [0.2, 0.25) is 5.91 Å². The van der Waals surface area contributed by atoms with Crippen molar-refractivity contribution in [1.29, 1.82) is 0 Å². The fraction of sp³-hybridized carbons (Fsp3) is 0.226. The van der Waals surface area contributed by atoms with Crippen molar-refractivity contribution >= 4 is 45.7 Å². The van der Waals surface area contributed by atoms with Crippen LogP contribution in [0, 0.1) is 5.41 Å². The fourth-order valence-corrected chi connectivity index (χ4v) is 4.08. The van der Waals surface area contributed by atoms with Crippen LogP contribution in [0.25, 0.3) is 22.2 Å².